The number of nitrogens with one attached hydrogen (secondary N) is 1. The van der Waals surface area contributed by atoms with E-state index in [0.717, 1.165) is 11.1 Å². The molecule has 0 saturated carbocycles. The minimum absolute atomic E-state index is 0.0878. The molecule has 3 aromatic rings. The van der Waals surface area contributed by atoms with Crippen LogP contribution in [-0.4, -0.2) is 14.5 Å². The largest absolute Gasteiger partial charge is 0.329 e. The molecule has 0 radical (unpaired) electrons. The van der Waals surface area contributed by atoms with Crippen molar-refractivity contribution in [3.63, 3.8) is 0 Å². The molecule has 0 saturated heterocycles. The number of imidazole rings is 1. The molecule has 0 amide bonds. The fourth-order valence-electron chi connectivity index (χ4n) is 1.99. The Morgan fingerprint density at radius 1 is 1.30 bits per heavy atom. The third kappa shape index (κ3) is 2.44. The van der Waals surface area contributed by atoms with Gasteiger partial charge in [0.15, 0.2) is 10.4 Å². The van der Waals surface area contributed by atoms with Gasteiger partial charge < -0.3 is 4.98 Å². The first-order valence-electron chi connectivity index (χ1n) is 5.72. The van der Waals surface area contributed by atoms with Crippen LogP contribution in [0, 0.1) is 10.6 Å². The lowest BCUT2D eigenvalue weighted by molar-refractivity contribution is 0.627. The van der Waals surface area contributed by atoms with Gasteiger partial charge >= 0.3 is 0 Å². The molecule has 0 bridgehead atoms. The Morgan fingerprint density at radius 2 is 2.10 bits per heavy atom. The number of aromatic amines is 1. The van der Waals surface area contributed by atoms with E-state index in [1.54, 1.807) is 24.4 Å². The number of aromatic nitrogens is 3. The molecular formula is C13H8Cl2FN3S. The second kappa shape index (κ2) is 5.16. The van der Waals surface area contributed by atoms with E-state index in [-0.39, 0.29) is 5.02 Å². The molecule has 0 atom stereocenters. The SMILES string of the molecule is Fc1ccc(Cn2c(=S)[nH]c3cc(Cl)cnc32)cc1Cl. The van der Waals surface area contributed by atoms with Crippen molar-refractivity contribution in [2.75, 3.05) is 0 Å². The van der Waals surface area contributed by atoms with Gasteiger partial charge in [-0.3, -0.25) is 4.57 Å². The van der Waals surface area contributed by atoms with Gasteiger partial charge in [0.05, 0.1) is 22.1 Å². The molecule has 0 unspecified atom stereocenters. The predicted octanol–water partition coefficient (Wildman–Crippen LogP) is 4.59. The fraction of sp³-hybridized carbons (Fsp3) is 0.0769. The van der Waals surface area contributed by atoms with Crippen LogP contribution in [0.3, 0.4) is 0 Å². The van der Waals surface area contributed by atoms with Crippen molar-refractivity contribution < 1.29 is 4.39 Å². The average Bonchev–Trinajstić information content (AvgIpc) is 2.69. The first-order chi connectivity index (χ1) is 9.54. The zero-order valence-electron chi connectivity index (χ0n) is 10.0. The number of rotatable bonds is 2. The van der Waals surface area contributed by atoms with Crippen LogP contribution in [0.25, 0.3) is 11.2 Å². The Balaban J connectivity index is 2.08. The molecule has 20 heavy (non-hydrogen) atoms. The molecule has 3 rings (SSSR count). The number of hydrogen-bond acceptors (Lipinski definition) is 2. The maximum Gasteiger partial charge on any atom is 0.179 e. The average molecular weight is 328 g/mol. The number of pyridine rings is 1. The predicted molar refractivity (Wildman–Crippen MR) is 80.4 cm³/mol. The van der Waals surface area contributed by atoms with Crippen molar-refractivity contribution in [3.8, 4) is 0 Å². The summed E-state index contributed by atoms with van der Waals surface area (Å²) in [5, 5.41) is 0.621. The molecular weight excluding hydrogens is 320 g/mol. The lowest BCUT2D eigenvalue weighted by Gasteiger charge is -2.05. The summed E-state index contributed by atoms with van der Waals surface area (Å²) in [6.45, 7) is 0.452. The van der Waals surface area contributed by atoms with Gasteiger partial charge in [-0.05, 0) is 36.0 Å². The van der Waals surface area contributed by atoms with Crippen LogP contribution in [0.5, 0.6) is 0 Å². The standard InChI is InChI=1S/C13H8Cl2FN3S/c14-8-4-11-12(17-5-8)19(13(20)18-11)6-7-1-2-10(16)9(15)3-7/h1-5H,6H2,(H,18,20). The van der Waals surface area contributed by atoms with Gasteiger partial charge in [0.25, 0.3) is 0 Å². The molecule has 1 N–H and O–H groups in total. The van der Waals surface area contributed by atoms with Crippen molar-refractivity contribution in [1.29, 1.82) is 0 Å². The molecule has 2 aromatic heterocycles. The van der Waals surface area contributed by atoms with E-state index in [1.165, 1.54) is 6.07 Å². The van der Waals surface area contributed by atoms with Gasteiger partial charge in [0.2, 0.25) is 0 Å². The van der Waals surface area contributed by atoms with E-state index in [1.807, 2.05) is 4.57 Å². The zero-order valence-corrected chi connectivity index (χ0v) is 12.4. The molecule has 0 aliphatic carbocycles. The monoisotopic (exact) mass is 327 g/mol. The third-order valence-electron chi connectivity index (χ3n) is 2.90. The Morgan fingerprint density at radius 3 is 2.85 bits per heavy atom. The summed E-state index contributed by atoms with van der Waals surface area (Å²) >= 11 is 16.9. The molecule has 7 heteroatoms. The van der Waals surface area contributed by atoms with Gasteiger partial charge in [0, 0.05) is 6.20 Å². The highest BCUT2D eigenvalue weighted by atomic mass is 35.5. The van der Waals surface area contributed by atoms with E-state index in [0.29, 0.717) is 22.0 Å². The Kier molecular flexibility index (Phi) is 3.50. The quantitative estimate of drug-likeness (QED) is 0.698. The second-order valence-corrected chi connectivity index (χ2v) is 5.52. The van der Waals surface area contributed by atoms with Gasteiger partial charge in [0.1, 0.15) is 5.82 Å². The minimum Gasteiger partial charge on any atom is -0.329 e. The molecule has 0 aliphatic rings. The highest BCUT2D eigenvalue weighted by molar-refractivity contribution is 7.71. The van der Waals surface area contributed by atoms with Crippen LogP contribution in [0.4, 0.5) is 4.39 Å². The van der Waals surface area contributed by atoms with Crippen LogP contribution in [0.2, 0.25) is 10.0 Å². The minimum atomic E-state index is -0.442. The van der Waals surface area contributed by atoms with E-state index in [2.05, 4.69) is 9.97 Å². The maximum absolute atomic E-state index is 13.2. The third-order valence-corrected chi connectivity index (χ3v) is 3.72. The zero-order chi connectivity index (χ0) is 14.3. The summed E-state index contributed by atoms with van der Waals surface area (Å²) in [5.74, 6) is -0.442. The summed E-state index contributed by atoms with van der Waals surface area (Å²) in [6, 6.07) is 6.33. The summed E-state index contributed by atoms with van der Waals surface area (Å²) in [4.78, 5) is 7.30. The van der Waals surface area contributed by atoms with Crippen LogP contribution < -0.4 is 0 Å². The van der Waals surface area contributed by atoms with Crippen molar-refractivity contribution in [2.45, 2.75) is 6.54 Å². The molecule has 0 spiro atoms. The van der Waals surface area contributed by atoms with Crippen LogP contribution >= 0.6 is 35.4 Å². The van der Waals surface area contributed by atoms with Crippen LogP contribution in [0.1, 0.15) is 5.56 Å². The first-order valence-corrected chi connectivity index (χ1v) is 6.89. The van der Waals surface area contributed by atoms with E-state index in [9.17, 15) is 4.39 Å². The van der Waals surface area contributed by atoms with E-state index >= 15 is 0 Å². The smallest absolute Gasteiger partial charge is 0.179 e. The van der Waals surface area contributed by atoms with Crippen LogP contribution in [0.15, 0.2) is 30.5 Å². The number of nitrogens with zero attached hydrogens (tertiary/aromatic N) is 2. The Labute approximate surface area is 129 Å². The molecule has 0 aliphatic heterocycles. The summed E-state index contributed by atoms with van der Waals surface area (Å²) in [6.07, 6.45) is 1.56. The summed E-state index contributed by atoms with van der Waals surface area (Å²) < 4.78 is 15.5. The van der Waals surface area contributed by atoms with Crippen LogP contribution in [-0.2, 0) is 6.54 Å². The maximum atomic E-state index is 13.2. The van der Waals surface area contributed by atoms with Crippen molar-refractivity contribution >= 4 is 46.6 Å². The first kappa shape index (κ1) is 13.5. The van der Waals surface area contributed by atoms with Crippen molar-refractivity contribution in [3.05, 3.63) is 56.7 Å². The van der Waals surface area contributed by atoms with Gasteiger partial charge in [-0.2, -0.15) is 0 Å². The summed E-state index contributed by atoms with van der Waals surface area (Å²) in [5.41, 5.74) is 2.29. The Bertz CT molecular complexity index is 856. The molecule has 0 fully saturated rings. The number of H-pyrrole nitrogens is 1. The number of benzene rings is 1. The molecule has 102 valence electrons. The van der Waals surface area contributed by atoms with Gasteiger partial charge in [-0.15, -0.1) is 0 Å². The van der Waals surface area contributed by atoms with Crippen molar-refractivity contribution in [2.24, 2.45) is 0 Å². The second-order valence-electron chi connectivity index (χ2n) is 4.29. The fourth-order valence-corrected chi connectivity index (χ4v) is 2.61. The number of hydrogen-bond donors (Lipinski definition) is 1. The lowest BCUT2D eigenvalue weighted by Crippen LogP contribution is -2.01. The van der Waals surface area contributed by atoms with E-state index in [4.69, 9.17) is 35.4 Å². The van der Waals surface area contributed by atoms with Gasteiger partial charge in [-0.25, -0.2) is 9.37 Å². The number of fused-ring (bicyclic) bond motifs is 1. The molecule has 2 heterocycles. The Hall–Kier alpha value is -1.43. The summed E-state index contributed by atoms with van der Waals surface area (Å²) in [7, 11) is 0. The molecule has 1 aromatic carbocycles. The highest BCUT2D eigenvalue weighted by Crippen LogP contribution is 2.20. The van der Waals surface area contributed by atoms with Gasteiger partial charge in [-0.1, -0.05) is 29.3 Å². The topological polar surface area (TPSA) is 33.6 Å². The highest BCUT2D eigenvalue weighted by Gasteiger charge is 2.08. The normalized spacial score (nSPS) is 11.2. The lowest BCUT2D eigenvalue weighted by atomic mass is 10.2. The molecule has 3 nitrogen and oxygen atoms in total. The van der Waals surface area contributed by atoms with Crippen molar-refractivity contribution in [1.82, 2.24) is 14.5 Å². The number of halogens is 3. The van der Waals surface area contributed by atoms with E-state index < -0.39 is 5.82 Å².